The monoisotopic (exact) mass is 427 g/mol. The molecule has 0 aliphatic rings. The first-order valence-electron chi connectivity index (χ1n) is 9.62. The summed E-state index contributed by atoms with van der Waals surface area (Å²) in [6.45, 7) is 4.56. The maximum absolute atomic E-state index is 14.0. The Morgan fingerprint density at radius 1 is 1.07 bits per heavy atom. The number of nitrogens with one attached hydrogen (secondary N) is 1. The van der Waals surface area contributed by atoms with Gasteiger partial charge in [0.1, 0.15) is 22.1 Å². The van der Waals surface area contributed by atoms with Crippen molar-refractivity contribution in [2.75, 3.05) is 18.5 Å². The Morgan fingerprint density at radius 2 is 1.80 bits per heavy atom. The molecule has 0 aliphatic heterocycles. The summed E-state index contributed by atoms with van der Waals surface area (Å²) in [5.41, 5.74) is 1.56. The molecule has 30 heavy (non-hydrogen) atoms. The SMILES string of the molecule is CCCOc1ccc(-c2csc(NC(=O)c3ccccc3F)c2C(=O)OCC)cc1. The molecular formula is C23H22FNO4S. The van der Waals surface area contributed by atoms with E-state index in [2.05, 4.69) is 5.32 Å². The van der Waals surface area contributed by atoms with Crippen LogP contribution >= 0.6 is 11.3 Å². The van der Waals surface area contributed by atoms with Gasteiger partial charge in [-0.05, 0) is 43.2 Å². The van der Waals surface area contributed by atoms with Crippen LogP contribution in [0.2, 0.25) is 0 Å². The Labute approximate surface area is 178 Å². The lowest BCUT2D eigenvalue weighted by molar-refractivity contribution is 0.0529. The second-order valence-electron chi connectivity index (χ2n) is 6.38. The molecule has 1 amide bonds. The molecule has 1 heterocycles. The lowest BCUT2D eigenvalue weighted by Crippen LogP contribution is -2.16. The average Bonchev–Trinajstić information content (AvgIpc) is 3.16. The van der Waals surface area contributed by atoms with Gasteiger partial charge in [0.2, 0.25) is 0 Å². The molecule has 3 rings (SSSR count). The van der Waals surface area contributed by atoms with Crippen LogP contribution in [0.1, 0.15) is 41.0 Å². The van der Waals surface area contributed by atoms with Gasteiger partial charge < -0.3 is 14.8 Å². The highest BCUT2D eigenvalue weighted by atomic mass is 32.1. The molecule has 7 heteroatoms. The molecule has 3 aromatic rings. The Bertz CT molecular complexity index is 1030. The van der Waals surface area contributed by atoms with Gasteiger partial charge in [-0.3, -0.25) is 4.79 Å². The number of carbonyl (C=O) groups excluding carboxylic acids is 2. The average molecular weight is 427 g/mol. The van der Waals surface area contributed by atoms with Gasteiger partial charge in [-0.2, -0.15) is 0 Å². The van der Waals surface area contributed by atoms with Crippen molar-refractivity contribution < 1.29 is 23.5 Å². The van der Waals surface area contributed by atoms with Crippen LogP contribution in [0.5, 0.6) is 5.75 Å². The summed E-state index contributed by atoms with van der Waals surface area (Å²) in [5, 5.41) is 4.73. The molecule has 0 radical (unpaired) electrons. The fourth-order valence-electron chi connectivity index (χ4n) is 2.83. The molecule has 0 unspecified atom stereocenters. The van der Waals surface area contributed by atoms with Gasteiger partial charge in [0, 0.05) is 10.9 Å². The van der Waals surface area contributed by atoms with Crippen LogP contribution < -0.4 is 10.1 Å². The van der Waals surface area contributed by atoms with E-state index in [4.69, 9.17) is 9.47 Å². The van der Waals surface area contributed by atoms with E-state index in [9.17, 15) is 14.0 Å². The summed E-state index contributed by atoms with van der Waals surface area (Å²) in [5.74, 6) is -1.08. The molecule has 0 bridgehead atoms. The first-order chi connectivity index (χ1) is 14.5. The summed E-state index contributed by atoms with van der Waals surface area (Å²) in [4.78, 5) is 25.2. The topological polar surface area (TPSA) is 64.6 Å². The minimum atomic E-state index is -0.632. The molecule has 0 fully saturated rings. The lowest BCUT2D eigenvalue weighted by Gasteiger charge is -2.10. The van der Waals surface area contributed by atoms with Crippen molar-refractivity contribution >= 4 is 28.2 Å². The van der Waals surface area contributed by atoms with Gasteiger partial charge in [0.15, 0.2) is 0 Å². The van der Waals surface area contributed by atoms with E-state index in [0.717, 1.165) is 17.7 Å². The second-order valence-corrected chi connectivity index (χ2v) is 7.26. The molecule has 0 atom stereocenters. The lowest BCUT2D eigenvalue weighted by atomic mass is 10.0. The van der Waals surface area contributed by atoms with Crippen LogP contribution in [0.4, 0.5) is 9.39 Å². The third kappa shape index (κ3) is 4.86. The zero-order chi connectivity index (χ0) is 21.5. The molecule has 0 spiro atoms. The number of rotatable bonds is 8. The van der Waals surface area contributed by atoms with Crippen molar-refractivity contribution in [3.05, 3.63) is 70.9 Å². The van der Waals surface area contributed by atoms with E-state index < -0.39 is 17.7 Å². The maximum atomic E-state index is 14.0. The third-order valence-electron chi connectivity index (χ3n) is 4.25. The largest absolute Gasteiger partial charge is 0.494 e. The first kappa shape index (κ1) is 21.5. The molecule has 1 aromatic heterocycles. The summed E-state index contributed by atoms with van der Waals surface area (Å²) >= 11 is 1.19. The normalized spacial score (nSPS) is 10.5. The van der Waals surface area contributed by atoms with Crippen LogP contribution in [-0.2, 0) is 4.74 Å². The minimum absolute atomic E-state index is 0.0975. The Kier molecular flexibility index (Phi) is 7.19. The highest BCUT2D eigenvalue weighted by Crippen LogP contribution is 2.37. The fraction of sp³-hybridized carbons (Fsp3) is 0.217. The second kappa shape index (κ2) is 10.0. The van der Waals surface area contributed by atoms with E-state index in [1.165, 1.54) is 29.5 Å². The van der Waals surface area contributed by atoms with Crippen molar-refractivity contribution in [3.8, 4) is 16.9 Å². The molecule has 0 saturated carbocycles. The van der Waals surface area contributed by atoms with Crippen LogP contribution in [0.25, 0.3) is 11.1 Å². The molecule has 0 saturated heterocycles. The van der Waals surface area contributed by atoms with Gasteiger partial charge >= 0.3 is 5.97 Å². The van der Waals surface area contributed by atoms with Crippen molar-refractivity contribution in [1.82, 2.24) is 0 Å². The highest BCUT2D eigenvalue weighted by Gasteiger charge is 2.24. The van der Waals surface area contributed by atoms with Crippen molar-refractivity contribution in [2.24, 2.45) is 0 Å². The maximum Gasteiger partial charge on any atom is 0.341 e. The Morgan fingerprint density at radius 3 is 2.47 bits per heavy atom. The third-order valence-corrected chi connectivity index (χ3v) is 5.15. The van der Waals surface area contributed by atoms with Gasteiger partial charge in [-0.1, -0.05) is 31.2 Å². The van der Waals surface area contributed by atoms with Crippen LogP contribution in [0.3, 0.4) is 0 Å². The minimum Gasteiger partial charge on any atom is -0.494 e. The molecule has 2 aromatic carbocycles. The number of hydrogen-bond acceptors (Lipinski definition) is 5. The zero-order valence-electron chi connectivity index (χ0n) is 16.7. The zero-order valence-corrected chi connectivity index (χ0v) is 17.6. The summed E-state index contributed by atoms with van der Waals surface area (Å²) < 4.78 is 24.8. The molecular weight excluding hydrogens is 405 g/mol. The van der Waals surface area contributed by atoms with Gasteiger partial charge in [0.25, 0.3) is 5.91 Å². The number of benzene rings is 2. The fourth-order valence-corrected chi connectivity index (χ4v) is 3.79. The highest BCUT2D eigenvalue weighted by molar-refractivity contribution is 7.15. The van der Waals surface area contributed by atoms with E-state index in [0.29, 0.717) is 17.2 Å². The number of anilines is 1. The number of ether oxygens (including phenoxy) is 2. The summed E-state index contributed by atoms with van der Waals surface area (Å²) in [6.07, 6.45) is 0.907. The van der Waals surface area contributed by atoms with E-state index in [1.807, 2.05) is 31.2 Å². The Balaban J connectivity index is 1.93. The van der Waals surface area contributed by atoms with E-state index in [-0.39, 0.29) is 17.7 Å². The number of hydrogen-bond donors (Lipinski definition) is 1. The van der Waals surface area contributed by atoms with Crippen molar-refractivity contribution in [2.45, 2.75) is 20.3 Å². The molecule has 5 nitrogen and oxygen atoms in total. The predicted octanol–water partition coefficient (Wildman–Crippen LogP) is 5.77. The first-order valence-corrected chi connectivity index (χ1v) is 10.5. The number of carbonyl (C=O) groups is 2. The van der Waals surface area contributed by atoms with E-state index >= 15 is 0 Å². The molecule has 156 valence electrons. The quantitative estimate of drug-likeness (QED) is 0.464. The summed E-state index contributed by atoms with van der Waals surface area (Å²) in [6, 6.07) is 13.0. The van der Waals surface area contributed by atoms with Crippen molar-refractivity contribution in [1.29, 1.82) is 0 Å². The van der Waals surface area contributed by atoms with Crippen LogP contribution in [-0.4, -0.2) is 25.1 Å². The molecule has 1 N–H and O–H groups in total. The number of thiophene rings is 1. The smallest absolute Gasteiger partial charge is 0.341 e. The van der Waals surface area contributed by atoms with Crippen molar-refractivity contribution in [3.63, 3.8) is 0 Å². The standard InChI is InChI=1S/C23H22FNO4S/c1-3-13-29-16-11-9-15(10-12-16)18-14-30-22(20(18)23(27)28-4-2)25-21(26)17-7-5-6-8-19(17)24/h5-12,14H,3-4,13H2,1-2H3,(H,25,26). The Hall–Kier alpha value is -3.19. The van der Waals surface area contributed by atoms with Gasteiger partial charge in [-0.25, -0.2) is 9.18 Å². The van der Waals surface area contributed by atoms with Gasteiger partial charge in [-0.15, -0.1) is 11.3 Å². The summed E-state index contributed by atoms with van der Waals surface area (Å²) in [7, 11) is 0. The van der Waals surface area contributed by atoms with Crippen LogP contribution in [0, 0.1) is 5.82 Å². The molecule has 0 aliphatic carbocycles. The number of esters is 1. The predicted molar refractivity (Wildman–Crippen MR) is 116 cm³/mol. The van der Waals surface area contributed by atoms with E-state index in [1.54, 1.807) is 18.4 Å². The van der Waals surface area contributed by atoms with Gasteiger partial charge in [0.05, 0.1) is 18.8 Å². The van der Waals surface area contributed by atoms with Crippen LogP contribution in [0.15, 0.2) is 53.9 Å². The number of amides is 1. The number of halogens is 1.